The maximum Gasteiger partial charge on any atom is 0.163 e. The van der Waals surface area contributed by atoms with Crippen LogP contribution in [-0.4, -0.2) is 23.3 Å². The molecule has 0 aromatic heterocycles. The summed E-state index contributed by atoms with van der Waals surface area (Å²) in [6.07, 6.45) is 2.22. The third-order valence-corrected chi connectivity index (χ3v) is 5.09. The van der Waals surface area contributed by atoms with E-state index in [1.54, 1.807) is 0 Å². The molecule has 0 N–H and O–H groups in total. The van der Waals surface area contributed by atoms with Crippen LogP contribution in [-0.2, 0) is 0 Å². The van der Waals surface area contributed by atoms with Crippen molar-refractivity contribution in [2.24, 2.45) is 0 Å². The van der Waals surface area contributed by atoms with Crippen molar-refractivity contribution in [1.29, 1.82) is 0 Å². The van der Waals surface area contributed by atoms with Crippen molar-refractivity contribution in [1.82, 2.24) is 0 Å². The molecule has 0 fully saturated rings. The minimum Gasteiger partial charge on any atom is -0.294 e. The number of ketones is 2. The van der Waals surface area contributed by atoms with Crippen molar-refractivity contribution in [3.63, 3.8) is 0 Å². The number of hydrogen-bond acceptors (Lipinski definition) is 2. The predicted octanol–water partition coefficient (Wildman–Crippen LogP) is 8.00. The van der Waals surface area contributed by atoms with E-state index in [1.165, 1.54) is 0 Å². The van der Waals surface area contributed by atoms with Crippen LogP contribution >= 0.6 is 23.2 Å². The van der Waals surface area contributed by atoms with Gasteiger partial charge in [-0.25, -0.2) is 0 Å². The van der Waals surface area contributed by atoms with E-state index < -0.39 is 0 Å². The summed E-state index contributed by atoms with van der Waals surface area (Å²) in [7, 11) is 0. The Morgan fingerprint density at radius 1 is 0.667 bits per heavy atom. The second-order valence-electron chi connectivity index (χ2n) is 6.34. The molecule has 3 rings (SSSR count). The lowest BCUT2D eigenvalue weighted by Crippen LogP contribution is -2.02. The Hall–Kier alpha value is -2.42. The number of hydrogen-bond donors (Lipinski definition) is 0. The number of carbonyl (C=O) groups is 2. The van der Waals surface area contributed by atoms with Gasteiger partial charge in [0.2, 0.25) is 0 Å². The molecule has 158 valence electrons. The zero-order chi connectivity index (χ0) is 22.5. The molecular weight excluding hydrogens is 415 g/mol. The molecule has 0 amide bonds. The lowest BCUT2D eigenvalue weighted by Gasteiger charge is -2.10. The maximum atomic E-state index is 12.5. The average Bonchev–Trinajstić information content (AvgIpc) is 2.81. The van der Waals surface area contributed by atoms with Crippen molar-refractivity contribution in [3.05, 3.63) is 86.0 Å². The Labute approximate surface area is 189 Å². The Balaban J connectivity index is 0.00000106. The van der Waals surface area contributed by atoms with Gasteiger partial charge in [-0.2, -0.15) is 0 Å². The summed E-state index contributed by atoms with van der Waals surface area (Å²) in [5.74, 6) is 1.16. The normalized spacial score (nSPS) is 9.93. The Kier molecular flexibility index (Phi) is 11.7. The molecule has 0 radical (unpaired) electrons. The van der Waals surface area contributed by atoms with E-state index in [4.69, 9.17) is 23.2 Å². The number of benzene rings is 3. The number of fused-ring (bicyclic) bond motifs is 2. The van der Waals surface area contributed by atoms with Crippen LogP contribution in [0.4, 0.5) is 0 Å². The second kappa shape index (κ2) is 13.7. The average molecular weight is 443 g/mol. The first kappa shape index (κ1) is 25.6. The monoisotopic (exact) mass is 442 g/mol. The van der Waals surface area contributed by atoms with Crippen LogP contribution in [0.5, 0.6) is 0 Å². The molecular formula is C26H28Cl2O2. The molecule has 3 aromatic carbocycles. The van der Waals surface area contributed by atoms with Gasteiger partial charge >= 0.3 is 0 Å². The molecule has 0 aliphatic carbocycles. The van der Waals surface area contributed by atoms with Crippen LogP contribution in [0.2, 0.25) is 0 Å². The van der Waals surface area contributed by atoms with Gasteiger partial charge in [-0.15, -0.1) is 49.5 Å². The quantitative estimate of drug-likeness (QED) is 0.153. The first-order valence-corrected chi connectivity index (χ1v) is 10.9. The van der Waals surface area contributed by atoms with Crippen molar-refractivity contribution in [2.75, 3.05) is 11.8 Å². The summed E-state index contributed by atoms with van der Waals surface area (Å²) >= 11 is 11.4. The van der Waals surface area contributed by atoms with E-state index in [2.05, 4.69) is 26.3 Å². The number of carbonyl (C=O) groups excluding carboxylic acids is 2. The van der Waals surface area contributed by atoms with Gasteiger partial charge in [0.1, 0.15) is 0 Å². The van der Waals surface area contributed by atoms with Crippen molar-refractivity contribution in [2.45, 2.75) is 25.7 Å². The van der Waals surface area contributed by atoms with E-state index in [9.17, 15) is 9.59 Å². The summed E-state index contributed by atoms with van der Waals surface area (Å²) in [6, 6.07) is 15.5. The third-order valence-electron chi connectivity index (χ3n) is 4.56. The molecule has 0 saturated heterocycles. The number of rotatable bonds is 8. The lowest BCUT2D eigenvalue weighted by molar-refractivity contribution is 0.0975. The Bertz CT molecular complexity index is 913. The zero-order valence-corrected chi connectivity index (χ0v) is 18.8. The van der Waals surface area contributed by atoms with Crippen molar-refractivity contribution in [3.8, 4) is 0 Å². The highest BCUT2D eigenvalue weighted by Gasteiger charge is 2.14. The van der Waals surface area contributed by atoms with Gasteiger partial charge in [-0.05, 0) is 46.5 Å². The zero-order valence-electron chi connectivity index (χ0n) is 17.3. The molecule has 0 saturated carbocycles. The van der Waals surface area contributed by atoms with E-state index in [0.717, 1.165) is 21.5 Å². The van der Waals surface area contributed by atoms with Crippen LogP contribution < -0.4 is 0 Å². The van der Waals surface area contributed by atoms with Crippen LogP contribution in [0.3, 0.4) is 0 Å². The fourth-order valence-electron chi connectivity index (χ4n) is 3.26. The van der Waals surface area contributed by atoms with Crippen molar-refractivity contribution < 1.29 is 9.59 Å². The molecule has 0 bridgehead atoms. The minimum absolute atomic E-state index is 0.102. The summed E-state index contributed by atoms with van der Waals surface area (Å²) in [5.41, 5.74) is 1.43. The van der Waals surface area contributed by atoms with E-state index in [-0.39, 0.29) is 11.6 Å². The second-order valence-corrected chi connectivity index (χ2v) is 7.09. The molecule has 4 heteroatoms. The van der Waals surface area contributed by atoms with E-state index in [0.29, 0.717) is 48.6 Å². The van der Waals surface area contributed by atoms with Gasteiger partial charge in [0.15, 0.2) is 11.6 Å². The number of Topliss-reactive ketones (excluding diaryl/α,β-unsaturated/α-hetero) is 2. The fourth-order valence-corrected chi connectivity index (χ4v) is 3.53. The van der Waals surface area contributed by atoms with Gasteiger partial charge in [0.25, 0.3) is 0 Å². The van der Waals surface area contributed by atoms with Gasteiger partial charge in [0, 0.05) is 35.7 Å². The summed E-state index contributed by atoms with van der Waals surface area (Å²) in [6.45, 7) is 12.0. The Morgan fingerprint density at radius 2 is 1.03 bits per heavy atom. The lowest BCUT2D eigenvalue weighted by atomic mass is 9.93. The molecule has 0 unspecified atom stereocenters. The molecule has 30 heavy (non-hydrogen) atoms. The van der Waals surface area contributed by atoms with Crippen LogP contribution in [0, 0.1) is 0 Å². The molecule has 0 aliphatic rings. The molecule has 3 aromatic rings. The topological polar surface area (TPSA) is 34.1 Å². The molecule has 0 spiro atoms. The maximum absolute atomic E-state index is 12.5. The fraction of sp³-hybridized carbons (Fsp3) is 0.231. The molecule has 0 atom stereocenters. The summed E-state index contributed by atoms with van der Waals surface area (Å²) < 4.78 is 0. The Morgan fingerprint density at radius 3 is 1.37 bits per heavy atom. The van der Waals surface area contributed by atoms with Crippen molar-refractivity contribution >= 4 is 56.3 Å². The smallest absolute Gasteiger partial charge is 0.163 e. The minimum atomic E-state index is 0.102. The highest BCUT2D eigenvalue weighted by Crippen LogP contribution is 2.29. The SMILES string of the molecule is C=C.C=C.O=C(CCCCl)c1cccc2cc3c(C(=O)CCCCl)cccc3cc12. The highest BCUT2D eigenvalue weighted by atomic mass is 35.5. The predicted molar refractivity (Wildman–Crippen MR) is 133 cm³/mol. The molecule has 0 aliphatic heterocycles. The molecule has 0 heterocycles. The number of alkyl halides is 2. The van der Waals surface area contributed by atoms with Gasteiger partial charge in [0.05, 0.1) is 0 Å². The van der Waals surface area contributed by atoms with Gasteiger partial charge in [-0.1, -0.05) is 36.4 Å². The van der Waals surface area contributed by atoms with E-state index in [1.807, 2.05) is 48.5 Å². The van der Waals surface area contributed by atoms with Gasteiger partial charge in [-0.3, -0.25) is 9.59 Å². The first-order chi connectivity index (χ1) is 14.7. The van der Waals surface area contributed by atoms with Gasteiger partial charge < -0.3 is 0 Å². The van der Waals surface area contributed by atoms with E-state index >= 15 is 0 Å². The third kappa shape index (κ3) is 6.29. The van der Waals surface area contributed by atoms with Crippen LogP contribution in [0.25, 0.3) is 21.5 Å². The number of halogens is 2. The summed E-state index contributed by atoms with van der Waals surface area (Å²) in [4.78, 5) is 25.0. The standard InChI is InChI=1S/C22H20Cl2O2.2C2H4/c23-11-3-9-21(25)17-7-1-5-15-13-20-16(14-19(15)17)6-2-8-18(20)22(26)10-4-12-24;2*1-2/h1-2,5-8,13-14H,3-4,9-12H2;2*1-2H2. The van der Waals surface area contributed by atoms with Crippen LogP contribution in [0.1, 0.15) is 46.4 Å². The molecule has 2 nitrogen and oxygen atoms in total. The largest absolute Gasteiger partial charge is 0.294 e. The van der Waals surface area contributed by atoms with Crippen LogP contribution in [0.15, 0.2) is 74.8 Å². The highest BCUT2D eigenvalue weighted by molar-refractivity contribution is 6.19. The first-order valence-electron chi connectivity index (χ1n) is 9.79. The summed E-state index contributed by atoms with van der Waals surface area (Å²) in [5, 5.41) is 3.77.